The van der Waals surface area contributed by atoms with Gasteiger partial charge < -0.3 is 5.32 Å². The molecule has 1 fully saturated rings. The number of hydrogen-bond acceptors (Lipinski definition) is 1. The minimum atomic E-state index is -0.954. The molecule has 1 unspecified atom stereocenters. The lowest BCUT2D eigenvalue weighted by Crippen LogP contribution is -2.28. The van der Waals surface area contributed by atoms with E-state index < -0.39 is 11.6 Å². The molecule has 1 heterocycles. The Bertz CT molecular complexity index is 339. The van der Waals surface area contributed by atoms with Gasteiger partial charge >= 0.3 is 0 Å². The summed E-state index contributed by atoms with van der Waals surface area (Å²) in [6.45, 7) is 1.80. The lowest BCUT2D eigenvalue weighted by Gasteiger charge is -2.23. The average Bonchev–Trinajstić information content (AvgIpc) is 2.26. The van der Waals surface area contributed by atoms with Crippen molar-refractivity contribution in [2.24, 2.45) is 0 Å². The summed E-state index contributed by atoms with van der Waals surface area (Å²) in [4.78, 5) is 0. The predicted molar refractivity (Wildman–Crippen MR) is 56.2 cm³/mol. The van der Waals surface area contributed by atoms with Gasteiger partial charge in [-0.05, 0) is 43.0 Å². The smallest absolute Gasteiger partial charge is 0.177 e. The van der Waals surface area contributed by atoms with Gasteiger partial charge in [0.05, 0.1) is 5.02 Å². The molecule has 0 radical (unpaired) electrons. The normalized spacial score (nSPS) is 21.7. The number of benzene rings is 1. The fraction of sp³-hybridized carbons (Fsp3) is 0.455. The molecule has 1 aliphatic heterocycles. The molecule has 0 amide bonds. The summed E-state index contributed by atoms with van der Waals surface area (Å²) < 4.78 is 26.1. The summed E-state index contributed by atoms with van der Waals surface area (Å²) in [6.07, 6.45) is 2.05. The molecule has 1 aromatic rings. The molecule has 1 saturated heterocycles. The Morgan fingerprint density at radius 2 is 2.13 bits per heavy atom. The number of nitrogens with one attached hydrogen (secondary N) is 1. The van der Waals surface area contributed by atoms with Gasteiger partial charge in [-0.25, -0.2) is 8.78 Å². The molecular weight excluding hydrogens is 220 g/mol. The van der Waals surface area contributed by atoms with Crippen molar-refractivity contribution >= 4 is 11.6 Å². The van der Waals surface area contributed by atoms with Crippen molar-refractivity contribution in [3.05, 3.63) is 34.4 Å². The molecule has 0 saturated carbocycles. The van der Waals surface area contributed by atoms with Crippen molar-refractivity contribution in [2.45, 2.75) is 18.8 Å². The van der Waals surface area contributed by atoms with Crippen LogP contribution in [-0.4, -0.2) is 13.1 Å². The second-order valence-electron chi connectivity index (χ2n) is 3.84. The first kappa shape index (κ1) is 10.8. The molecule has 15 heavy (non-hydrogen) atoms. The van der Waals surface area contributed by atoms with Gasteiger partial charge in [-0.3, -0.25) is 0 Å². The van der Waals surface area contributed by atoms with Crippen LogP contribution in [0.4, 0.5) is 8.78 Å². The first-order chi connectivity index (χ1) is 7.18. The van der Waals surface area contributed by atoms with Crippen LogP contribution in [0.3, 0.4) is 0 Å². The molecule has 4 heteroatoms. The van der Waals surface area contributed by atoms with Crippen molar-refractivity contribution in [3.8, 4) is 0 Å². The van der Waals surface area contributed by atoms with Gasteiger partial charge in [0.1, 0.15) is 0 Å². The molecule has 0 aromatic heterocycles. The number of rotatable bonds is 1. The molecule has 1 atom stereocenters. The van der Waals surface area contributed by atoms with E-state index in [9.17, 15) is 8.78 Å². The summed E-state index contributed by atoms with van der Waals surface area (Å²) in [6, 6.07) is 2.77. The predicted octanol–water partition coefficient (Wildman–Crippen LogP) is 3.09. The lowest BCUT2D eigenvalue weighted by atomic mass is 9.91. The molecule has 82 valence electrons. The summed E-state index contributed by atoms with van der Waals surface area (Å²) in [5.74, 6) is -1.57. The highest BCUT2D eigenvalue weighted by molar-refractivity contribution is 6.30. The van der Waals surface area contributed by atoms with Gasteiger partial charge in [-0.1, -0.05) is 11.6 Å². The van der Waals surface area contributed by atoms with Crippen LogP contribution in [0.15, 0.2) is 12.1 Å². The fourth-order valence-electron chi connectivity index (χ4n) is 1.95. The van der Waals surface area contributed by atoms with E-state index in [1.54, 1.807) is 0 Å². The van der Waals surface area contributed by atoms with Gasteiger partial charge in [0, 0.05) is 6.54 Å². The third kappa shape index (κ3) is 2.29. The third-order valence-corrected chi connectivity index (χ3v) is 3.05. The van der Waals surface area contributed by atoms with E-state index in [1.165, 1.54) is 12.1 Å². The van der Waals surface area contributed by atoms with Crippen molar-refractivity contribution < 1.29 is 8.78 Å². The van der Waals surface area contributed by atoms with E-state index in [0.717, 1.165) is 31.5 Å². The van der Waals surface area contributed by atoms with E-state index in [-0.39, 0.29) is 10.9 Å². The van der Waals surface area contributed by atoms with Crippen LogP contribution in [0.25, 0.3) is 0 Å². The van der Waals surface area contributed by atoms with E-state index >= 15 is 0 Å². The highest BCUT2D eigenvalue weighted by atomic mass is 35.5. The maximum atomic E-state index is 13.1. The largest absolute Gasteiger partial charge is 0.316 e. The molecule has 0 spiro atoms. The zero-order valence-corrected chi connectivity index (χ0v) is 8.95. The molecule has 0 bridgehead atoms. The monoisotopic (exact) mass is 231 g/mol. The molecule has 2 rings (SSSR count). The summed E-state index contributed by atoms with van der Waals surface area (Å²) in [5.41, 5.74) is 0.783. The first-order valence-corrected chi connectivity index (χ1v) is 5.41. The molecule has 1 aliphatic rings. The highest BCUT2D eigenvalue weighted by Gasteiger charge is 2.18. The second-order valence-corrected chi connectivity index (χ2v) is 4.25. The molecule has 1 aromatic carbocycles. The summed E-state index contributed by atoms with van der Waals surface area (Å²) in [7, 11) is 0. The van der Waals surface area contributed by atoms with Crippen LogP contribution < -0.4 is 5.32 Å². The quantitative estimate of drug-likeness (QED) is 0.733. The maximum absolute atomic E-state index is 13.1. The van der Waals surface area contributed by atoms with Gasteiger partial charge in [-0.2, -0.15) is 0 Å². The van der Waals surface area contributed by atoms with Crippen molar-refractivity contribution in [1.29, 1.82) is 0 Å². The maximum Gasteiger partial charge on any atom is 0.177 e. The molecule has 0 aliphatic carbocycles. The van der Waals surface area contributed by atoms with Crippen LogP contribution in [-0.2, 0) is 0 Å². The van der Waals surface area contributed by atoms with Crippen LogP contribution >= 0.6 is 11.6 Å². The van der Waals surface area contributed by atoms with Crippen LogP contribution in [0, 0.1) is 11.6 Å². The molecule has 1 nitrogen and oxygen atoms in total. The zero-order chi connectivity index (χ0) is 10.8. The van der Waals surface area contributed by atoms with E-state index in [0.29, 0.717) is 0 Å². The Kier molecular flexibility index (Phi) is 3.22. The lowest BCUT2D eigenvalue weighted by molar-refractivity contribution is 0.455. The van der Waals surface area contributed by atoms with Crippen molar-refractivity contribution in [2.75, 3.05) is 13.1 Å². The average molecular weight is 232 g/mol. The molecule has 1 N–H and O–H groups in total. The number of halogens is 3. The Labute approximate surface area is 92.4 Å². The van der Waals surface area contributed by atoms with E-state index in [1.807, 2.05) is 0 Å². The zero-order valence-electron chi connectivity index (χ0n) is 8.19. The standard InChI is InChI=1S/C11H12ClF2N/c12-9-4-8(5-10(13)11(9)14)7-2-1-3-15-6-7/h4-5,7,15H,1-3,6H2. The Morgan fingerprint density at radius 3 is 2.73 bits per heavy atom. The van der Waals surface area contributed by atoms with E-state index in [4.69, 9.17) is 11.6 Å². The van der Waals surface area contributed by atoms with Gasteiger partial charge in [0.2, 0.25) is 0 Å². The number of piperidine rings is 1. The van der Waals surface area contributed by atoms with Crippen molar-refractivity contribution in [1.82, 2.24) is 5.32 Å². The van der Waals surface area contributed by atoms with Crippen LogP contribution in [0.2, 0.25) is 5.02 Å². The third-order valence-electron chi connectivity index (χ3n) is 2.77. The van der Waals surface area contributed by atoms with Crippen LogP contribution in [0.1, 0.15) is 24.3 Å². The summed E-state index contributed by atoms with van der Waals surface area (Å²) >= 11 is 5.60. The topological polar surface area (TPSA) is 12.0 Å². The SMILES string of the molecule is Fc1cc(C2CCCNC2)cc(Cl)c1F. The van der Waals surface area contributed by atoms with Gasteiger partial charge in [0.25, 0.3) is 0 Å². The highest BCUT2D eigenvalue weighted by Crippen LogP contribution is 2.28. The molecular formula is C11H12ClF2N. The number of hydrogen-bond donors (Lipinski definition) is 1. The minimum absolute atomic E-state index is 0.129. The second kappa shape index (κ2) is 4.45. The first-order valence-electron chi connectivity index (χ1n) is 5.03. The summed E-state index contributed by atoms with van der Waals surface area (Å²) in [5, 5.41) is 3.10. The Morgan fingerprint density at radius 1 is 1.33 bits per heavy atom. The van der Waals surface area contributed by atoms with Gasteiger partial charge in [0.15, 0.2) is 11.6 Å². The van der Waals surface area contributed by atoms with E-state index in [2.05, 4.69) is 5.32 Å². The Hall–Kier alpha value is -0.670. The van der Waals surface area contributed by atoms with Crippen molar-refractivity contribution in [3.63, 3.8) is 0 Å². The Balaban J connectivity index is 2.27. The van der Waals surface area contributed by atoms with Gasteiger partial charge in [-0.15, -0.1) is 0 Å². The fourth-order valence-corrected chi connectivity index (χ4v) is 2.16. The minimum Gasteiger partial charge on any atom is -0.316 e. The van der Waals surface area contributed by atoms with Crippen LogP contribution in [0.5, 0.6) is 0 Å².